The Bertz CT molecular complexity index is 891. The molecule has 3 rings (SSSR count). The van der Waals surface area contributed by atoms with E-state index in [-0.39, 0.29) is 6.42 Å². The molecule has 2 N–H and O–H groups in total. The van der Waals surface area contributed by atoms with Crippen LogP contribution in [0.2, 0.25) is 0 Å². The van der Waals surface area contributed by atoms with Crippen LogP contribution in [0.5, 0.6) is 0 Å². The average molecular weight is 446 g/mol. The number of carboxylic acids is 1. The molecule has 0 bridgehead atoms. The third-order valence-corrected chi connectivity index (χ3v) is 6.33. The normalized spacial score (nSPS) is 18.8. The van der Waals surface area contributed by atoms with Crippen molar-refractivity contribution < 1.29 is 18.7 Å². The molecule has 1 saturated heterocycles. The summed E-state index contributed by atoms with van der Waals surface area (Å²) in [6.07, 6.45) is 7.96. The number of aliphatic imine (C=N–C) groups is 1. The Morgan fingerprint density at radius 2 is 2.12 bits per heavy atom. The SMILES string of the molecule is C=CC(CCCCC1CN([C@@H](CC(=O)O)c2ccc(F)c(F)c2)C1)=NC1=C(C)CCCN1. The van der Waals surface area contributed by atoms with Gasteiger partial charge in [-0.15, -0.1) is 0 Å². The first-order valence-electron chi connectivity index (χ1n) is 11.4. The van der Waals surface area contributed by atoms with Crippen molar-refractivity contribution in [3.05, 3.63) is 59.4 Å². The van der Waals surface area contributed by atoms with Crippen LogP contribution in [0.15, 0.2) is 47.2 Å². The van der Waals surface area contributed by atoms with E-state index >= 15 is 0 Å². The van der Waals surface area contributed by atoms with Gasteiger partial charge in [0.2, 0.25) is 0 Å². The summed E-state index contributed by atoms with van der Waals surface area (Å²) in [6.45, 7) is 8.53. The van der Waals surface area contributed by atoms with Gasteiger partial charge in [-0.25, -0.2) is 13.8 Å². The average Bonchev–Trinajstić information content (AvgIpc) is 2.73. The van der Waals surface area contributed by atoms with Crippen molar-refractivity contribution in [1.82, 2.24) is 10.2 Å². The van der Waals surface area contributed by atoms with Crippen LogP contribution >= 0.6 is 0 Å². The van der Waals surface area contributed by atoms with Gasteiger partial charge in [0.15, 0.2) is 11.6 Å². The molecule has 1 aromatic carbocycles. The van der Waals surface area contributed by atoms with Crippen molar-refractivity contribution in [2.24, 2.45) is 10.9 Å². The smallest absolute Gasteiger partial charge is 0.305 e. The summed E-state index contributed by atoms with van der Waals surface area (Å²) in [5, 5.41) is 12.6. The molecular formula is C25H33F2N3O2. The Morgan fingerprint density at radius 3 is 2.78 bits per heavy atom. The summed E-state index contributed by atoms with van der Waals surface area (Å²) in [4.78, 5) is 18.1. The van der Waals surface area contributed by atoms with Gasteiger partial charge >= 0.3 is 5.97 Å². The number of carboxylic acid groups (broad SMARTS) is 1. The van der Waals surface area contributed by atoms with E-state index in [1.165, 1.54) is 11.6 Å². The second-order valence-corrected chi connectivity index (χ2v) is 8.82. The van der Waals surface area contributed by atoms with Crippen molar-refractivity contribution >= 4 is 11.7 Å². The summed E-state index contributed by atoms with van der Waals surface area (Å²) < 4.78 is 26.9. The van der Waals surface area contributed by atoms with E-state index < -0.39 is 23.6 Å². The number of nitrogens with zero attached hydrogens (tertiary/aromatic N) is 2. The van der Waals surface area contributed by atoms with E-state index in [1.807, 2.05) is 11.0 Å². The Labute approximate surface area is 188 Å². The van der Waals surface area contributed by atoms with E-state index in [9.17, 15) is 18.7 Å². The molecule has 0 amide bonds. The summed E-state index contributed by atoms with van der Waals surface area (Å²) in [7, 11) is 0. The molecule has 1 aromatic rings. The van der Waals surface area contributed by atoms with E-state index in [2.05, 4.69) is 18.8 Å². The topological polar surface area (TPSA) is 64.9 Å². The lowest BCUT2D eigenvalue weighted by molar-refractivity contribution is -0.139. The largest absolute Gasteiger partial charge is 0.481 e. The number of allylic oxidation sites excluding steroid dienone is 2. The molecule has 0 aromatic heterocycles. The summed E-state index contributed by atoms with van der Waals surface area (Å²) in [5.74, 6) is -1.33. The Balaban J connectivity index is 1.45. The van der Waals surface area contributed by atoms with Crippen molar-refractivity contribution in [2.45, 2.75) is 57.9 Å². The fourth-order valence-corrected chi connectivity index (χ4v) is 4.44. The van der Waals surface area contributed by atoms with E-state index in [1.54, 1.807) is 0 Å². The number of hydrogen-bond donors (Lipinski definition) is 2. The zero-order valence-electron chi connectivity index (χ0n) is 18.7. The first kappa shape index (κ1) is 24.1. The summed E-state index contributed by atoms with van der Waals surface area (Å²) in [5.41, 5.74) is 2.81. The summed E-state index contributed by atoms with van der Waals surface area (Å²) in [6, 6.07) is 3.23. The first-order valence-corrected chi connectivity index (χ1v) is 11.4. The predicted molar refractivity (Wildman–Crippen MR) is 122 cm³/mol. The fraction of sp³-hybridized carbons (Fsp3) is 0.520. The molecule has 174 valence electrons. The Kier molecular flexibility index (Phi) is 8.56. The zero-order chi connectivity index (χ0) is 23.1. The third-order valence-electron chi connectivity index (χ3n) is 6.33. The number of carbonyl (C=O) groups is 1. The van der Waals surface area contributed by atoms with Gasteiger partial charge in [0.25, 0.3) is 0 Å². The van der Waals surface area contributed by atoms with Gasteiger partial charge in [-0.05, 0) is 74.3 Å². The van der Waals surface area contributed by atoms with Gasteiger partial charge in [-0.2, -0.15) is 0 Å². The number of nitrogens with one attached hydrogen (secondary N) is 1. The maximum Gasteiger partial charge on any atom is 0.305 e. The highest BCUT2D eigenvalue weighted by molar-refractivity contribution is 5.95. The highest BCUT2D eigenvalue weighted by atomic mass is 19.2. The number of hydrogen-bond acceptors (Lipinski definition) is 4. The maximum atomic E-state index is 13.6. The van der Waals surface area contributed by atoms with E-state index in [0.29, 0.717) is 11.5 Å². The van der Waals surface area contributed by atoms with Crippen LogP contribution < -0.4 is 5.32 Å². The van der Waals surface area contributed by atoms with Crippen LogP contribution in [0.25, 0.3) is 0 Å². The number of rotatable bonds is 11. The van der Waals surface area contributed by atoms with Gasteiger partial charge < -0.3 is 10.4 Å². The molecule has 2 aliphatic heterocycles. The minimum atomic E-state index is -0.947. The molecule has 2 aliphatic rings. The molecule has 0 aliphatic carbocycles. The minimum absolute atomic E-state index is 0.125. The van der Waals surface area contributed by atoms with E-state index in [0.717, 1.165) is 81.8 Å². The van der Waals surface area contributed by atoms with Crippen LogP contribution in [-0.4, -0.2) is 41.3 Å². The quantitative estimate of drug-likeness (QED) is 0.362. The lowest BCUT2D eigenvalue weighted by Gasteiger charge is -2.44. The van der Waals surface area contributed by atoms with Gasteiger partial charge in [0.05, 0.1) is 6.42 Å². The molecule has 32 heavy (non-hydrogen) atoms. The van der Waals surface area contributed by atoms with Crippen LogP contribution in [0, 0.1) is 17.6 Å². The molecule has 0 radical (unpaired) electrons. The number of halogens is 2. The number of unbranched alkanes of at least 4 members (excludes halogenated alkanes) is 1. The number of benzene rings is 1. The summed E-state index contributed by atoms with van der Waals surface area (Å²) >= 11 is 0. The molecule has 1 fully saturated rings. The molecule has 1 atom stereocenters. The van der Waals surface area contributed by atoms with Gasteiger partial charge in [0, 0.05) is 31.4 Å². The standard InChI is InChI=1S/C25H33F2N3O2/c1-3-20(29-25-17(2)7-6-12-28-25)9-5-4-8-18-15-30(16-18)23(14-24(31)32)19-10-11-21(26)22(27)13-19/h3,10-11,13,18,23,28H,1,4-9,12,14-16H2,2H3,(H,31,32)/t23-/m0/s1. The van der Waals surface area contributed by atoms with Crippen molar-refractivity contribution in [2.75, 3.05) is 19.6 Å². The molecule has 0 unspecified atom stereocenters. The lowest BCUT2D eigenvalue weighted by atomic mass is 9.89. The fourth-order valence-electron chi connectivity index (χ4n) is 4.44. The highest BCUT2D eigenvalue weighted by Gasteiger charge is 2.34. The molecule has 2 heterocycles. The van der Waals surface area contributed by atoms with Gasteiger partial charge in [-0.3, -0.25) is 9.69 Å². The predicted octanol–water partition coefficient (Wildman–Crippen LogP) is 5.21. The highest BCUT2D eigenvalue weighted by Crippen LogP contribution is 2.34. The van der Waals surface area contributed by atoms with Crippen LogP contribution in [0.1, 0.15) is 63.5 Å². The van der Waals surface area contributed by atoms with Crippen molar-refractivity contribution in [1.29, 1.82) is 0 Å². The van der Waals surface area contributed by atoms with Crippen LogP contribution in [0.4, 0.5) is 8.78 Å². The minimum Gasteiger partial charge on any atom is -0.481 e. The second-order valence-electron chi connectivity index (χ2n) is 8.82. The second kappa shape index (κ2) is 11.4. The van der Waals surface area contributed by atoms with E-state index in [4.69, 9.17) is 4.99 Å². The zero-order valence-corrected chi connectivity index (χ0v) is 18.7. The number of aliphatic carboxylic acids is 1. The van der Waals surface area contributed by atoms with Gasteiger partial charge in [-0.1, -0.05) is 19.1 Å². The number of likely N-dealkylation sites (tertiary alicyclic amines) is 1. The Hall–Kier alpha value is -2.54. The van der Waals surface area contributed by atoms with Crippen molar-refractivity contribution in [3.63, 3.8) is 0 Å². The lowest BCUT2D eigenvalue weighted by Crippen LogP contribution is -2.48. The maximum absolute atomic E-state index is 13.6. The monoisotopic (exact) mass is 445 g/mol. The molecule has 0 spiro atoms. The third kappa shape index (κ3) is 6.48. The van der Waals surface area contributed by atoms with Crippen LogP contribution in [-0.2, 0) is 4.79 Å². The molecule has 7 heteroatoms. The van der Waals surface area contributed by atoms with Crippen molar-refractivity contribution in [3.8, 4) is 0 Å². The first-order chi connectivity index (χ1) is 15.4. The molecule has 5 nitrogen and oxygen atoms in total. The Morgan fingerprint density at radius 1 is 1.34 bits per heavy atom. The molecular weight excluding hydrogens is 412 g/mol. The van der Waals surface area contributed by atoms with Crippen LogP contribution in [0.3, 0.4) is 0 Å². The molecule has 0 saturated carbocycles. The van der Waals surface area contributed by atoms with Gasteiger partial charge in [0.1, 0.15) is 5.82 Å².